The fraction of sp³-hybridized carbons (Fsp3) is 0.167. The van der Waals surface area contributed by atoms with E-state index in [4.69, 9.17) is 10.0 Å². The predicted molar refractivity (Wildman–Crippen MR) is 42.7 cm³/mol. The van der Waals surface area contributed by atoms with Crippen LogP contribution < -0.4 is 0 Å². The molecule has 0 saturated heterocycles. The quantitative estimate of drug-likeness (QED) is 0.496. The molecule has 6 heteroatoms. The molecule has 0 aliphatic carbocycles. The first-order valence-corrected chi connectivity index (χ1v) is 3.30. The summed E-state index contributed by atoms with van der Waals surface area (Å²) in [5.74, 6) is 0. The van der Waals surface area contributed by atoms with Crippen LogP contribution in [0.1, 0.15) is 0 Å². The Morgan fingerprint density at radius 1 is 1.50 bits per heavy atom. The van der Waals surface area contributed by atoms with E-state index in [1.807, 2.05) is 0 Å². The molecule has 2 N–H and O–H groups in total. The first-order valence-electron chi connectivity index (χ1n) is 3.30. The minimum Gasteiger partial charge on any atom is -0.407 e. The lowest BCUT2D eigenvalue weighted by Crippen LogP contribution is -2.35. The molecular weight excluding hydrogens is 159 g/mol. The summed E-state index contributed by atoms with van der Waals surface area (Å²) >= 11 is 0. The molecule has 1 heterocycles. The van der Waals surface area contributed by atoms with E-state index in [0.29, 0.717) is 0 Å². The average molecular weight is 167 g/mol. The van der Waals surface area contributed by atoms with Crippen LogP contribution in [0.5, 0.6) is 0 Å². The van der Waals surface area contributed by atoms with Gasteiger partial charge in [-0.1, -0.05) is 0 Å². The lowest BCUT2D eigenvalue weighted by molar-refractivity contribution is 0.340. The van der Waals surface area contributed by atoms with Crippen LogP contribution in [0.4, 0.5) is 0 Å². The van der Waals surface area contributed by atoms with Crippen molar-refractivity contribution in [2.24, 2.45) is 0 Å². The molecule has 5 nitrogen and oxygen atoms in total. The van der Waals surface area contributed by atoms with Crippen LogP contribution in [0, 0.1) is 0 Å². The number of likely N-dealkylation sites (N-methyl/N-ethyl adjacent to an activating group) is 1. The molecule has 0 atom stereocenters. The van der Waals surface area contributed by atoms with Crippen LogP contribution in [-0.4, -0.2) is 40.3 Å². The SMILES string of the molecule is CN1C=CN(B(O)O)C=C1[C]=O. The highest BCUT2D eigenvalue weighted by atomic mass is 16.4. The average Bonchev–Trinajstić information content (AvgIpc) is 2.05. The number of nitrogens with zero attached hydrogens (tertiary/aromatic N) is 2. The van der Waals surface area contributed by atoms with Gasteiger partial charge < -0.3 is 19.8 Å². The summed E-state index contributed by atoms with van der Waals surface area (Å²) in [6.45, 7) is 0. The Morgan fingerprint density at radius 2 is 2.17 bits per heavy atom. The first-order chi connectivity index (χ1) is 5.65. The van der Waals surface area contributed by atoms with E-state index >= 15 is 0 Å². The van der Waals surface area contributed by atoms with Crippen LogP contribution in [-0.2, 0) is 4.79 Å². The summed E-state index contributed by atoms with van der Waals surface area (Å²) in [6, 6.07) is 0. The maximum Gasteiger partial charge on any atom is 0.591 e. The Hall–Kier alpha value is -1.27. The van der Waals surface area contributed by atoms with Crippen LogP contribution in [0.15, 0.2) is 24.3 Å². The highest BCUT2D eigenvalue weighted by Crippen LogP contribution is 2.08. The van der Waals surface area contributed by atoms with Crippen molar-refractivity contribution in [3.63, 3.8) is 0 Å². The zero-order chi connectivity index (χ0) is 9.14. The van der Waals surface area contributed by atoms with Gasteiger partial charge >= 0.3 is 7.25 Å². The molecule has 0 unspecified atom stereocenters. The summed E-state index contributed by atoms with van der Waals surface area (Å²) in [5, 5.41) is 17.4. The zero-order valence-electron chi connectivity index (χ0n) is 6.51. The van der Waals surface area contributed by atoms with Crippen LogP contribution in [0.2, 0.25) is 0 Å². The Labute approximate surface area is 70.4 Å². The number of rotatable bonds is 2. The van der Waals surface area contributed by atoms with Crippen molar-refractivity contribution >= 4 is 13.5 Å². The minimum atomic E-state index is -1.63. The van der Waals surface area contributed by atoms with Crippen molar-refractivity contribution in [1.82, 2.24) is 9.71 Å². The summed E-state index contributed by atoms with van der Waals surface area (Å²) in [5.41, 5.74) is 0.241. The maximum absolute atomic E-state index is 10.3. The highest BCUT2D eigenvalue weighted by Gasteiger charge is 2.19. The topological polar surface area (TPSA) is 64.0 Å². The van der Waals surface area contributed by atoms with E-state index in [2.05, 4.69) is 0 Å². The predicted octanol–water partition coefficient (Wildman–Crippen LogP) is -1.37. The molecule has 0 amide bonds. The maximum atomic E-state index is 10.3. The van der Waals surface area contributed by atoms with Crippen molar-refractivity contribution in [3.8, 4) is 0 Å². The van der Waals surface area contributed by atoms with Crippen LogP contribution in [0.3, 0.4) is 0 Å². The Morgan fingerprint density at radius 3 is 2.67 bits per heavy atom. The van der Waals surface area contributed by atoms with Gasteiger partial charge in [-0.15, -0.1) is 0 Å². The van der Waals surface area contributed by atoms with Crippen molar-refractivity contribution in [1.29, 1.82) is 0 Å². The fourth-order valence-electron chi connectivity index (χ4n) is 0.775. The van der Waals surface area contributed by atoms with Crippen molar-refractivity contribution in [2.75, 3.05) is 7.05 Å². The summed E-state index contributed by atoms with van der Waals surface area (Å²) in [7, 11) is 0.0345. The van der Waals surface area contributed by atoms with E-state index in [1.165, 1.54) is 23.5 Å². The fourth-order valence-corrected chi connectivity index (χ4v) is 0.775. The molecule has 12 heavy (non-hydrogen) atoms. The lowest BCUT2D eigenvalue weighted by atomic mass is 10.1. The van der Waals surface area contributed by atoms with E-state index in [-0.39, 0.29) is 5.70 Å². The Bertz CT molecular complexity index is 239. The lowest BCUT2D eigenvalue weighted by Gasteiger charge is -2.24. The summed E-state index contributed by atoms with van der Waals surface area (Å²) in [6.07, 6.45) is 5.91. The number of hydrogen-bond donors (Lipinski definition) is 2. The van der Waals surface area contributed by atoms with Crippen molar-refractivity contribution in [3.05, 3.63) is 24.3 Å². The molecule has 0 aromatic carbocycles. The third kappa shape index (κ3) is 1.66. The second-order valence-corrected chi connectivity index (χ2v) is 2.32. The zero-order valence-corrected chi connectivity index (χ0v) is 6.51. The van der Waals surface area contributed by atoms with E-state index in [1.54, 1.807) is 13.3 Å². The van der Waals surface area contributed by atoms with Gasteiger partial charge in [-0.25, -0.2) is 0 Å². The van der Waals surface area contributed by atoms with Crippen molar-refractivity contribution < 1.29 is 14.8 Å². The molecule has 0 saturated carbocycles. The minimum absolute atomic E-state index is 0.241. The second kappa shape index (κ2) is 3.42. The summed E-state index contributed by atoms with van der Waals surface area (Å²) < 4.78 is 0. The third-order valence-electron chi connectivity index (χ3n) is 1.48. The molecule has 0 aromatic heterocycles. The van der Waals surface area contributed by atoms with Gasteiger partial charge in [0.05, 0.1) is 0 Å². The molecule has 1 aliphatic heterocycles. The number of allylic oxidation sites excluding steroid dienone is 1. The van der Waals surface area contributed by atoms with Gasteiger partial charge in [0.2, 0.25) is 0 Å². The molecule has 0 spiro atoms. The van der Waals surface area contributed by atoms with Gasteiger partial charge in [0.15, 0.2) is 0 Å². The first kappa shape index (κ1) is 8.83. The smallest absolute Gasteiger partial charge is 0.407 e. The standard InChI is InChI=1S/C6H8BN2O3/c1-8-2-3-9(7(11)12)4-6(8)5-10/h2-4,11-12H,1H3. The normalized spacial score (nSPS) is 16.1. The molecule has 1 aliphatic rings. The second-order valence-electron chi connectivity index (χ2n) is 2.32. The van der Waals surface area contributed by atoms with Gasteiger partial charge in [-0.3, -0.25) is 4.79 Å². The van der Waals surface area contributed by atoms with Gasteiger partial charge in [-0.2, -0.15) is 0 Å². The monoisotopic (exact) mass is 167 g/mol. The van der Waals surface area contributed by atoms with Gasteiger partial charge in [0, 0.05) is 25.6 Å². The van der Waals surface area contributed by atoms with Gasteiger partial charge in [0.1, 0.15) is 5.70 Å². The Kier molecular flexibility index (Phi) is 2.52. The number of hydrogen-bond acceptors (Lipinski definition) is 5. The van der Waals surface area contributed by atoms with Crippen LogP contribution >= 0.6 is 0 Å². The largest absolute Gasteiger partial charge is 0.591 e. The van der Waals surface area contributed by atoms with Crippen molar-refractivity contribution in [2.45, 2.75) is 0 Å². The van der Waals surface area contributed by atoms with E-state index in [0.717, 1.165) is 4.81 Å². The van der Waals surface area contributed by atoms with Crippen LogP contribution in [0.25, 0.3) is 0 Å². The summed E-state index contributed by atoms with van der Waals surface area (Å²) in [4.78, 5) is 12.9. The van der Waals surface area contributed by atoms with E-state index < -0.39 is 7.25 Å². The van der Waals surface area contributed by atoms with Gasteiger partial charge in [0.25, 0.3) is 6.29 Å². The third-order valence-corrected chi connectivity index (χ3v) is 1.48. The molecule has 0 bridgehead atoms. The molecule has 0 fully saturated rings. The number of carbonyl (C=O) groups excluding carboxylic acids is 1. The molecule has 0 aromatic rings. The molecule has 63 valence electrons. The molecule has 1 radical (unpaired) electrons. The molecule has 1 rings (SSSR count). The van der Waals surface area contributed by atoms with E-state index in [9.17, 15) is 4.79 Å². The molecular formula is C6H8BN2O3. The van der Waals surface area contributed by atoms with Gasteiger partial charge in [-0.05, 0) is 0 Å². The highest BCUT2D eigenvalue weighted by molar-refractivity contribution is 6.38. The Balaban J connectivity index is 2.79.